The van der Waals surface area contributed by atoms with E-state index in [9.17, 15) is 9.59 Å². The molecule has 0 radical (unpaired) electrons. The van der Waals surface area contributed by atoms with E-state index in [1.807, 2.05) is 54.4 Å². The molecule has 172 valence electrons. The number of aryl methyl sites for hydroxylation is 1. The highest BCUT2D eigenvalue weighted by atomic mass is 35.5. The number of primary amides is 1. The van der Waals surface area contributed by atoms with Crippen molar-refractivity contribution >= 4 is 34.7 Å². The fraction of sp³-hybridized carbons (Fsp3) is 0.360. The van der Waals surface area contributed by atoms with Crippen LogP contribution in [0.2, 0.25) is 0 Å². The molecular formula is C25H28ClN5O2. The van der Waals surface area contributed by atoms with E-state index in [2.05, 4.69) is 9.88 Å². The monoisotopic (exact) mass is 465 g/mol. The third kappa shape index (κ3) is 4.93. The maximum Gasteiger partial charge on any atom is 0.221 e. The summed E-state index contributed by atoms with van der Waals surface area (Å²) in [5, 5.41) is 0. The van der Waals surface area contributed by atoms with Gasteiger partial charge in [0, 0.05) is 51.4 Å². The second-order valence-electron chi connectivity index (χ2n) is 8.61. The number of pyridine rings is 2. The largest absolute Gasteiger partial charge is 0.369 e. The summed E-state index contributed by atoms with van der Waals surface area (Å²) < 4.78 is 0. The van der Waals surface area contributed by atoms with Crippen LogP contribution in [0.15, 0.2) is 54.4 Å². The maximum absolute atomic E-state index is 11.6. The lowest BCUT2D eigenvalue weighted by Crippen LogP contribution is -2.48. The number of allylic oxidation sites excluding steroid dienone is 3. The van der Waals surface area contributed by atoms with Gasteiger partial charge in [0.05, 0.1) is 17.6 Å². The predicted molar refractivity (Wildman–Crippen MR) is 130 cm³/mol. The summed E-state index contributed by atoms with van der Waals surface area (Å²) in [5.41, 5.74) is 10.8. The highest BCUT2D eigenvalue weighted by Crippen LogP contribution is 2.49. The molecule has 7 nitrogen and oxygen atoms in total. The molecule has 0 bridgehead atoms. The van der Waals surface area contributed by atoms with Gasteiger partial charge in [-0.05, 0) is 48.7 Å². The highest BCUT2D eigenvalue weighted by molar-refractivity contribution is 6.30. The number of alkyl halides is 1. The van der Waals surface area contributed by atoms with Gasteiger partial charge in [-0.1, -0.05) is 17.7 Å². The van der Waals surface area contributed by atoms with Crippen LogP contribution in [0.1, 0.15) is 36.7 Å². The van der Waals surface area contributed by atoms with Crippen molar-refractivity contribution < 1.29 is 9.59 Å². The van der Waals surface area contributed by atoms with Crippen LogP contribution in [0, 0.1) is 6.92 Å². The number of nitrogens with two attached hydrogens (primary N) is 1. The van der Waals surface area contributed by atoms with E-state index >= 15 is 0 Å². The van der Waals surface area contributed by atoms with E-state index in [-0.39, 0.29) is 18.2 Å². The lowest BCUT2D eigenvalue weighted by atomic mass is 9.79. The summed E-state index contributed by atoms with van der Waals surface area (Å²) in [6.45, 7) is 6.47. The minimum absolute atomic E-state index is 0.106. The molecule has 8 heteroatoms. The second-order valence-corrected chi connectivity index (χ2v) is 9.25. The lowest BCUT2D eigenvalue weighted by molar-refractivity contribution is -0.129. The molecule has 2 amide bonds. The van der Waals surface area contributed by atoms with Gasteiger partial charge in [-0.25, -0.2) is 0 Å². The molecule has 1 saturated heterocycles. The minimum atomic E-state index is -0.931. The molecule has 1 atom stereocenters. The van der Waals surface area contributed by atoms with Gasteiger partial charge in [0.25, 0.3) is 0 Å². The van der Waals surface area contributed by atoms with Crippen molar-refractivity contribution in [1.29, 1.82) is 0 Å². The van der Waals surface area contributed by atoms with Crippen LogP contribution in [-0.4, -0.2) is 52.9 Å². The topological polar surface area (TPSA) is 92.4 Å². The number of hydrogen-bond acceptors (Lipinski definition) is 5. The predicted octanol–water partition coefficient (Wildman–Crippen LogP) is 3.18. The molecule has 0 saturated carbocycles. The molecule has 4 rings (SSSR count). The second kappa shape index (κ2) is 9.35. The first-order valence-electron chi connectivity index (χ1n) is 11.0. The van der Waals surface area contributed by atoms with Crippen molar-refractivity contribution in [2.24, 2.45) is 5.73 Å². The van der Waals surface area contributed by atoms with Crippen molar-refractivity contribution in [3.63, 3.8) is 0 Å². The van der Waals surface area contributed by atoms with Gasteiger partial charge in [0.15, 0.2) is 0 Å². The molecule has 1 unspecified atom stereocenters. The Bertz CT molecular complexity index is 1120. The van der Waals surface area contributed by atoms with E-state index in [0.29, 0.717) is 25.2 Å². The fourth-order valence-electron chi connectivity index (χ4n) is 4.50. The summed E-state index contributed by atoms with van der Waals surface area (Å²) in [4.78, 5) is 35.4. The molecule has 2 aromatic rings. The van der Waals surface area contributed by atoms with E-state index in [1.165, 1.54) is 0 Å². The average Bonchev–Trinajstić information content (AvgIpc) is 2.79. The lowest BCUT2D eigenvalue weighted by Gasteiger charge is -2.36. The Morgan fingerprint density at radius 3 is 2.48 bits per heavy atom. The minimum Gasteiger partial charge on any atom is -0.369 e. The Kier molecular flexibility index (Phi) is 6.51. The first-order chi connectivity index (χ1) is 15.8. The first-order valence-corrected chi connectivity index (χ1v) is 11.4. The van der Waals surface area contributed by atoms with Crippen molar-refractivity contribution in [3.05, 3.63) is 71.3 Å². The fourth-order valence-corrected chi connectivity index (χ4v) is 4.95. The zero-order valence-electron chi connectivity index (χ0n) is 18.9. The number of hydrogen-bond donors (Lipinski definition) is 1. The number of amides is 2. The molecule has 0 aromatic carbocycles. The Morgan fingerprint density at radius 1 is 1.12 bits per heavy atom. The van der Waals surface area contributed by atoms with Crippen LogP contribution in [-0.2, 0) is 14.5 Å². The number of anilines is 1. The van der Waals surface area contributed by atoms with Crippen LogP contribution in [0.3, 0.4) is 0 Å². The third-order valence-electron chi connectivity index (χ3n) is 6.24. The molecule has 1 aliphatic carbocycles. The molecule has 3 heterocycles. The highest BCUT2D eigenvalue weighted by Gasteiger charge is 2.39. The Balaban J connectivity index is 1.63. The Hall–Kier alpha value is -3.19. The van der Waals surface area contributed by atoms with Gasteiger partial charge < -0.3 is 15.5 Å². The van der Waals surface area contributed by atoms with Crippen molar-refractivity contribution in [2.45, 2.75) is 31.6 Å². The van der Waals surface area contributed by atoms with Gasteiger partial charge in [-0.2, -0.15) is 0 Å². The molecule has 2 N–H and O–H groups in total. The van der Waals surface area contributed by atoms with Crippen molar-refractivity contribution in [1.82, 2.24) is 14.9 Å². The summed E-state index contributed by atoms with van der Waals surface area (Å²) in [7, 11) is 0. The number of carbonyl (C=O) groups is 2. The smallest absolute Gasteiger partial charge is 0.221 e. The van der Waals surface area contributed by atoms with Gasteiger partial charge in [0.2, 0.25) is 11.8 Å². The number of rotatable bonds is 5. The Labute approximate surface area is 198 Å². The van der Waals surface area contributed by atoms with Crippen molar-refractivity contribution in [2.75, 3.05) is 31.1 Å². The standard InChI is InChI=1S/C25H28ClN5O2/c1-17-13-20(7-8-28-17)22-5-3-19(14-24(27)33)15-25(22,26)23-6-4-21(16-29-23)31-11-9-30(10-12-31)18(2)32/h3-8,13,16H,9-12,14-15H2,1-2H3,(H2,27,33). The van der Waals surface area contributed by atoms with E-state index in [4.69, 9.17) is 22.3 Å². The number of piperazine rings is 1. The molecule has 33 heavy (non-hydrogen) atoms. The Morgan fingerprint density at radius 2 is 1.88 bits per heavy atom. The molecule has 2 aliphatic rings. The SMILES string of the molecule is CC(=O)N1CCN(c2ccc(C3(Cl)CC(CC(N)=O)=CC=C3c3ccnc(C)c3)nc2)CC1. The molecule has 1 fully saturated rings. The quantitative estimate of drug-likeness (QED) is 0.684. The molecule has 2 aromatic heterocycles. The van der Waals surface area contributed by atoms with E-state index in [1.54, 1.807) is 13.1 Å². The summed E-state index contributed by atoms with van der Waals surface area (Å²) >= 11 is 7.32. The zero-order valence-corrected chi connectivity index (χ0v) is 19.7. The summed E-state index contributed by atoms with van der Waals surface area (Å²) in [6.07, 6.45) is 8.09. The number of carbonyl (C=O) groups excluding carboxylic acids is 2. The van der Waals surface area contributed by atoms with E-state index in [0.717, 1.165) is 41.2 Å². The van der Waals surface area contributed by atoms with Crippen LogP contribution in [0.4, 0.5) is 5.69 Å². The maximum atomic E-state index is 11.6. The van der Waals surface area contributed by atoms with Crippen LogP contribution in [0.25, 0.3) is 5.57 Å². The summed E-state index contributed by atoms with van der Waals surface area (Å²) in [6, 6.07) is 7.91. The number of aromatic nitrogens is 2. The average molecular weight is 466 g/mol. The summed E-state index contributed by atoms with van der Waals surface area (Å²) in [5.74, 6) is -0.278. The van der Waals surface area contributed by atoms with Crippen LogP contribution >= 0.6 is 11.6 Å². The van der Waals surface area contributed by atoms with Gasteiger partial charge >= 0.3 is 0 Å². The number of halogens is 1. The van der Waals surface area contributed by atoms with Gasteiger partial charge in [0.1, 0.15) is 4.87 Å². The van der Waals surface area contributed by atoms with Crippen LogP contribution < -0.4 is 10.6 Å². The molecule has 0 spiro atoms. The normalized spacial score (nSPS) is 20.8. The zero-order chi connectivity index (χ0) is 23.6. The van der Waals surface area contributed by atoms with Gasteiger partial charge in [-0.15, -0.1) is 11.6 Å². The first kappa shape index (κ1) is 23.0. The molecular weight excluding hydrogens is 438 g/mol. The third-order valence-corrected chi connectivity index (χ3v) is 6.77. The van der Waals surface area contributed by atoms with Crippen LogP contribution in [0.5, 0.6) is 0 Å². The molecule has 1 aliphatic heterocycles. The van der Waals surface area contributed by atoms with Crippen molar-refractivity contribution in [3.8, 4) is 0 Å². The number of nitrogens with zero attached hydrogens (tertiary/aromatic N) is 4. The van der Waals surface area contributed by atoms with Gasteiger partial charge in [-0.3, -0.25) is 19.6 Å². The van der Waals surface area contributed by atoms with E-state index < -0.39 is 4.87 Å².